The van der Waals surface area contributed by atoms with E-state index in [1.54, 1.807) is 0 Å². The highest BCUT2D eigenvalue weighted by molar-refractivity contribution is 6.14. The van der Waals surface area contributed by atoms with Crippen LogP contribution in [-0.4, -0.2) is 11.6 Å². The number of nitrogens with zero attached hydrogens (tertiary/aromatic N) is 2. The molecule has 3 nitrogen and oxygen atoms in total. The number of alkyl halides is 3. The van der Waals surface area contributed by atoms with E-state index in [1.165, 1.54) is 12.1 Å². The van der Waals surface area contributed by atoms with Crippen molar-refractivity contribution in [2.45, 2.75) is 25.4 Å². The molecule has 0 spiro atoms. The Morgan fingerprint density at radius 2 is 2.00 bits per heavy atom. The molecule has 1 aliphatic heterocycles. The van der Waals surface area contributed by atoms with E-state index in [9.17, 15) is 18.0 Å². The van der Waals surface area contributed by atoms with E-state index >= 15 is 0 Å². The van der Waals surface area contributed by atoms with Crippen LogP contribution in [0.15, 0.2) is 29.4 Å². The highest BCUT2D eigenvalue weighted by Crippen LogP contribution is 2.36. The average molecular weight is 268 g/mol. The molecule has 1 aromatic rings. The Kier molecular flexibility index (Phi) is 2.62. The van der Waals surface area contributed by atoms with Gasteiger partial charge >= 0.3 is 6.18 Å². The van der Waals surface area contributed by atoms with E-state index in [0.717, 1.165) is 35.7 Å². The van der Waals surface area contributed by atoms with Gasteiger partial charge in [-0.15, -0.1) is 0 Å². The molecule has 19 heavy (non-hydrogen) atoms. The van der Waals surface area contributed by atoms with Gasteiger partial charge in [0.2, 0.25) is 0 Å². The van der Waals surface area contributed by atoms with Gasteiger partial charge in [0.15, 0.2) is 0 Å². The van der Waals surface area contributed by atoms with Crippen molar-refractivity contribution in [3.05, 3.63) is 29.8 Å². The SMILES string of the molecule is O=C1CC(C2CC2)=NN1c1cccc(C(F)(F)F)c1. The minimum absolute atomic E-state index is 0.176. The van der Waals surface area contributed by atoms with Crippen molar-refractivity contribution in [3.8, 4) is 0 Å². The Bertz CT molecular complexity index is 561. The van der Waals surface area contributed by atoms with Gasteiger partial charge in [0.25, 0.3) is 5.91 Å². The number of rotatable bonds is 2. The van der Waals surface area contributed by atoms with E-state index in [-0.39, 0.29) is 18.0 Å². The lowest BCUT2D eigenvalue weighted by molar-refractivity contribution is -0.137. The topological polar surface area (TPSA) is 32.7 Å². The molecule has 0 atom stereocenters. The van der Waals surface area contributed by atoms with Crippen LogP contribution in [0.5, 0.6) is 0 Å². The third kappa shape index (κ3) is 2.34. The monoisotopic (exact) mass is 268 g/mol. The summed E-state index contributed by atoms with van der Waals surface area (Å²) in [6.07, 6.45) is -2.16. The minimum Gasteiger partial charge on any atom is -0.272 e. The summed E-state index contributed by atoms with van der Waals surface area (Å²) in [6.45, 7) is 0. The van der Waals surface area contributed by atoms with Gasteiger partial charge in [0.05, 0.1) is 23.4 Å². The molecule has 1 aliphatic carbocycles. The number of hydrazone groups is 1. The number of halogens is 3. The molecule has 100 valence electrons. The molecule has 1 heterocycles. The molecule has 0 aromatic heterocycles. The van der Waals surface area contributed by atoms with Gasteiger partial charge < -0.3 is 0 Å². The molecule has 0 radical (unpaired) electrons. The highest BCUT2D eigenvalue weighted by atomic mass is 19.4. The molecule has 3 rings (SSSR count). The molecular weight excluding hydrogens is 257 g/mol. The summed E-state index contributed by atoms with van der Waals surface area (Å²) in [5, 5.41) is 5.24. The number of hydrogen-bond acceptors (Lipinski definition) is 2. The molecule has 2 aliphatic rings. The fourth-order valence-electron chi connectivity index (χ4n) is 2.11. The standard InChI is InChI=1S/C13H11F3N2O/c14-13(15,16)9-2-1-3-10(6-9)18-12(19)7-11(17-18)8-4-5-8/h1-3,6,8H,4-5,7H2. The van der Waals surface area contributed by atoms with Crippen LogP contribution in [0.25, 0.3) is 0 Å². The Hall–Kier alpha value is -1.85. The first-order chi connectivity index (χ1) is 8.95. The van der Waals surface area contributed by atoms with E-state index < -0.39 is 11.7 Å². The van der Waals surface area contributed by atoms with E-state index in [0.29, 0.717) is 5.92 Å². The maximum Gasteiger partial charge on any atom is 0.416 e. The molecule has 1 saturated carbocycles. The maximum absolute atomic E-state index is 12.6. The largest absolute Gasteiger partial charge is 0.416 e. The van der Waals surface area contributed by atoms with Crippen LogP contribution >= 0.6 is 0 Å². The fourth-order valence-corrected chi connectivity index (χ4v) is 2.11. The van der Waals surface area contributed by atoms with E-state index in [4.69, 9.17) is 0 Å². The second kappa shape index (κ2) is 4.08. The maximum atomic E-state index is 12.6. The van der Waals surface area contributed by atoms with Gasteiger partial charge in [0.1, 0.15) is 0 Å². The number of hydrogen-bond donors (Lipinski definition) is 0. The lowest BCUT2D eigenvalue weighted by Crippen LogP contribution is -2.20. The van der Waals surface area contributed by atoms with Crippen LogP contribution in [0.4, 0.5) is 18.9 Å². The molecule has 0 saturated heterocycles. The molecule has 1 fully saturated rings. The first-order valence-electron chi connectivity index (χ1n) is 6.03. The zero-order valence-corrected chi connectivity index (χ0v) is 9.94. The number of benzene rings is 1. The van der Waals surface area contributed by atoms with Gasteiger partial charge in [-0.2, -0.15) is 18.3 Å². The Morgan fingerprint density at radius 1 is 1.26 bits per heavy atom. The smallest absolute Gasteiger partial charge is 0.272 e. The van der Waals surface area contributed by atoms with Crippen molar-refractivity contribution < 1.29 is 18.0 Å². The van der Waals surface area contributed by atoms with Crippen LogP contribution in [0.3, 0.4) is 0 Å². The second-order valence-electron chi connectivity index (χ2n) is 4.80. The van der Waals surface area contributed by atoms with E-state index in [2.05, 4.69) is 5.10 Å². The predicted molar refractivity (Wildman–Crippen MR) is 63.7 cm³/mol. The van der Waals surface area contributed by atoms with Crippen molar-refractivity contribution in [3.63, 3.8) is 0 Å². The molecule has 1 amide bonds. The normalized spacial score (nSPS) is 19.8. The molecule has 0 N–H and O–H groups in total. The summed E-state index contributed by atoms with van der Waals surface area (Å²) in [5.41, 5.74) is 0.200. The van der Waals surface area contributed by atoms with Crippen LogP contribution in [0.1, 0.15) is 24.8 Å². The summed E-state index contributed by atoms with van der Waals surface area (Å²) in [7, 11) is 0. The zero-order chi connectivity index (χ0) is 13.6. The number of carbonyl (C=O) groups excluding carboxylic acids is 1. The molecule has 6 heteroatoms. The fraction of sp³-hybridized carbons (Fsp3) is 0.385. The lowest BCUT2D eigenvalue weighted by atomic mass is 10.1. The molecule has 0 unspecified atom stereocenters. The van der Waals surface area contributed by atoms with Crippen LogP contribution in [0, 0.1) is 5.92 Å². The van der Waals surface area contributed by atoms with Gasteiger partial charge in [-0.05, 0) is 37.0 Å². The molecule has 0 bridgehead atoms. The summed E-state index contributed by atoms with van der Waals surface area (Å²) in [4.78, 5) is 11.8. The highest BCUT2D eigenvalue weighted by Gasteiger charge is 2.36. The summed E-state index contributed by atoms with van der Waals surface area (Å²) >= 11 is 0. The van der Waals surface area contributed by atoms with E-state index in [1.807, 2.05) is 0 Å². The van der Waals surface area contributed by atoms with Gasteiger partial charge in [-0.1, -0.05) is 6.07 Å². The van der Waals surface area contributed by atoms with Crippen molar-refractivity contribution in [2.24, 2.45) is 11.0 Å². The van der Waals surface area contributed by atoms with Crippen molar-refractivity contribution in [1.82, 2.24) is 0 Å². The second-order valence-corrected chi connectivity index (χ2v) is 4.80. The third-order valence-electron chi connectivity index (χ3n) is 3.26. The van der Waals surface area contributed by atoms with Crippen molar-refractivity contribution in [1.29, 1.82) is 0 Å². The predicted octanol–water partition coefficient (Wildman–Crippen LogP) is 3.21. The quantitative estimate of drug-likeness (QED) is 0.810. The number of amides is 1. The third-order valence-corrected chi connectivity index (χ3v) is 3.26. The minimum atomic E-state index is -4.41. The Labute approximate surface area is 107 Å². The van der Waals surface area contributed by atoms with Crippen molar-refractivity contribution in [2.75, 3.05) is 5.01 Å². The Morgan fingerprint density at radius 3 is 2.63 bits per heavy atom. The van der Waals surface area contributed by atoms with Gasteiger partial charge in [0, 0.05) is 0 Å². The first-order valence-corrected chi connectivity index (χ1v) is 6.03. The van der Waals surface area contributed by atoms with Gasteiger partial charge in [-0.3, -0.25) is 4.79 Å². The summed E-state index contributed by atoms with van der Waals surface area (Å²) in [5.74, 6) is 0.0842. The summed E-state index contributed by atoms with van der Waals surface area (Å²) < 4.78 is 37.9. The van der Waals surface area contributed by atoms with Crippen LogP contribution in [-0.2, 0) is 11.0 Å². The Balaban J connectivity index is 1.91. The lowest BCUT2D eigenvalue weighted by Gasteiger charge is -2.14. The zero-order valence-electron chi connectivity index (χ0n) is 9.94. The number of carbonyl (C=O) groups is 1. The van der Waals surface area contributed by atoms with Gasteiger partial charge in [-0.25, -0.2) is 5.01 Å². The van der Waals surface area contributed by atoms with Crippen LogP contribution in [0.2, 0.25) is 0 Å². The van der Waals surface area contributed by atoms with Crippen LogP contribution < -0.4 is 5.01 Å². The first kappa shape index (κ1) is 12.2. The summed E-state index contributed by atoms with van der Waals surface area (Å²) in [6, 6.07) is 4.69. The van der Waals surface area contributed by atoms with Crippen molar-refractivity contribution >= 4 is 17.3 Å². The number of anilines is 1. The average Bonchev–Trinajstić information content (AvgIpc) is 3.12. The molecule has 1 aromatic carbocycles. The molecular formula is C13H11F3N2O.